The first-order chi connectivity index (χ1) is 13.0. The lowest BCUT2D eigenvalue weighted by molar-refractivity contribution is -0.132. The Kier molecular flexibility index (Phi) is 6.52. The van der Waals surface area contributed by atoms with Gasteiger partial charge in [0.2, 0.25) is 5.91 Å². The van der Waals surface area contributed by atoms with Crippen LogP contribution < -0.4 is 0 Å². The SMILES string of the molecule is CC(C)CN1C[C@@H](OCc2cccnc2)CN(C(=O)c2cscn2)CC1=O. The molecule has 8 heteroatoms. The average Bonchev–Trinajstić information content (AvgIpc) is 3.14. The fraction of sp³-hybridized carbons (Fsp3) is 0.474. The van der Waals surface area contributed by atoms with Gasteiger partial charge in [-0.25, -0.2) is 4.98 Å². The van der Waals surface area contributed by atoms with Crippen molar-refractivity contribution in [2.45, 2.75) is 26.6 Å². The second kappa shape index (κ2) is 9.05. The van der Waals surface area contributed by atoms with E-state index in [1.807, 2.05) is 12.1 Å². The van der Waals surface area contributed by atoms with E-state index in [0.717, 1.165) is 5.56 Å². The van der Waals surface area contributed by atoms with Crippen LogP contribution in [0.15, 0.2) is 35.4 Å². The number of hydrogen-bond acceptors (Lipinski definition) is 6. The van der Waals surface area contributed by atoms with Crippen LogP contribution in [0.25, 0.3) is 0 Å². The summed E-state index contributed by atoms with van der Waals surface area (Å²) in [5.74, 6) is 0.0550. The summed E-state index contributed by atoms with van der Waals surface area (Å²) in [5.41, 5.74) is 2.95. The summed E-state index contributed by atoms with van der Waals surface area (Å²) in [7, 11) is 0. The van der Waals surface area contributed by atoms with Gasteiger partial charge in [-0.1, -0.05) is 19.9 Å². The number of rotatable bonds is 6. The molecule has 1 fully saturated rings. The Morgan fingerprint density at radius 2 is 2.26 bits per heavy atom. The fourth-order valence-electron chi connectivity index (χ4n) is 3.03. The van der Waals surface area contributed by atoms with Crippen LogP contribution in [0.5, 0.6) is 0 Å². The summed E-state index contributed by atoms with van der Waals surface area (Å²) in [4.78, 5) is 37.0. The van der Waals surface area contributed by atoms with E-state index in [9.17, 15) is 9.59 Å². The smallest absolute Gasteiger partial charge is 0.273 e. The van der Waals surface area contributed by atoms with Gasteiger partial charge in [-0.15, -0.1) is 11.3 Å². The first kappa shape index (κ1) is 19.4. The largest absolute Gasteiger partial charge is 0.370 e. The van der Waals surface area contributed by atoms with Crippen LogP contribution in [0.2, 0.25) is 0 Å². The topological polar surface area (TPSA) is 75.6 Å². The van der Waals surface area contributed by atoms with Crippen molar-refractivity contribution in [3.63, 3.8) is 0 Å². The Labute approximate surface area is 163 Å². The summed E-state index contributed by atoms with van der Waals surface area (Å²) in [6.45, 7) is 6.06. The van der Waals surface area contributed by atoms with Crippen LogP contribution in [0, 0.1) is 5.92 Å². The van der Waals surface area contributed by atoms with Crippen molar-refractivity contribution in [3.05, 3.63) is 46.7 Å². The zero-order valence-corrected chi connectivity index (χ0v) is 16.4. The molecule has 2 aromatic heterocycles. The quantitative estimate of drug-likeness (QED) is 0.757. The number of amides is 2. The Balaban J connectivity index is 1.74. The third-order valence-corrected chi connectivity index (χ3v) is 4.85. The van der Waals surface area contributed by atoms with Crippen molar-refractivity contribution in [3.8, 4) is 0 Å². The van der Waals surface area contributed by atoms with Gasteiger partial charge >= 0.3 is 0 Å². The summed E-state index contributed by atoms with van der Waals surface area (Å²) >= 11 is 1.36. The molecule has 7 nitrogen and oxygen atoms in total. The number of pyridine rings is 1. The molecule has 1 aliphatic heterocycles. The van der Waals surface area contributed by atoms with Crippen LogP contribution in [0.4, 0.5) is 0 Å². The van der Waals surface area contributed by atoms with E-state index in [0.29, 0.717) is 37.9 Å². The molecule has 1 saturated heterocycles. The molecule has 3 heterocycles. The second-order valence-corrected chi connectivity index (χ2v) is 7.76. The van der Waals surface area contributed by atoms with Crippen LogP contribution in [0.1, 0.15) is 29.9 Å². The Morgan fingerprint density at radius 1 is 1.41 bits per heavy atom. The molecule has 0 aromatic carbocycles. The molecular formula is C19H24N4O3S. The number of hydrogen-bond donors (Lipinski definition) is 0. The Hall–Kier alpha value is -2.32. The second-order valence-electron chi connectivity index (χ2n) is 7.05. The molecule has 3 rings (SSSR count). The van der Waals surface area contributed by atoms with Gasteiger partial charge in [0.1, 0.15) is 12.2 Å². The third-order valence-electron chi connectivity index (χ3n) is 4.26. The first-order valence-electron chi connectivity index (χ1n) is 8.98. The number of carbonyl (C=O) groups excluding carboxylic acids is 2. The van der Waals surface area contributed by atoms with Crippen molar-refractivity contribution < 1.29 is 14.3 Å². The monoisotopic (exact) mass is 388 g/mol. The zero-order chi connectivity index (χ0) is 19.2. The lowest BCUT2D eigenvalue weighted by Gasteiger charge is -2.26. The summed E-state index contributed by atoms with van der Waals surface area (Å²) in [5, 5.41) is 1.70. The number of aromatic nitrogens is 2. The molecule has 2 aromatic rings. The first-order valence-corrected chi connectivity index (χ1v) is 9.93. The molecule has 0 unspecified atom stereocenters. The predicted octanol–water partition coefficient (Wildman–Crippen LogP) is 2.06. The lowest BCUT2D eigenvalue weighted by atomic mass is 10.2. The standard InChI is InChI=1S/C19H24N4O3S/c1-14(2)7-22-8-16(26-11-15-4-3-5-20-6-15)9-23(10-18(22)24)19(25)17-12-27-13-21-17/h3-6,12-14,16H,7-11H2,1-2H3/t16-/m1/s1. The van der Waals surface area contributed by atoms with Gasteiger partial charge in [-0.05, 0) is 17.5 Å². The molecule has 2 amide bonds. The van der Waals surface area contributed by atoms with Crippen molar-refractivity contribution in [1.82, 2.24) is 19.8 Å². The summed E-state index contributed by atoms with van der Waals surface area (Å²) < 4.78 is 6.06. The maximum absolute atomic E-state index is 12.7. The van der Waals surface area contributed by atoms with Crippen LogP contribution in [-0.2, 0) is 16.1 Å². The highest BCUT2D eigenvalue weighted by molar-refractivity contribution is 7.07. The van der Waals surface area contributed by atoms with Crippen LogP contribution in [0.3, 0.4) is 0 Å². The number of thiazole rings is 1. The van der Waals surface area contributed by atoms with E-state index in [1.165, 1.54) is 11.3 Å². The Morgan fingerprint density at radius 3 is 2.93 bits per heavy atom. The molecule has 0 N–H and O–H groups in total. The van der Waals surface area contributed by atoms with Crippen molar-refractivity contribution in [1.29, 1.82) is 0 Å². The highest BCUT2D eigenvalue weighted by Gasteiger charge is 2.32. The van der Waals surface area contributed by atoms with Gasteiger partial charge in [-0.2, -0.15) is 0 Å². The highest BCUT2D eigenvalue weighted by Crippen LogP contribution is 2.15. The molecular weight excluding hydrogens is 364 g/mol. The van der Waals surface area contributed by atoms with Crippen molar-refractivity contribution in [2.75, 3.05) is 26.2 Å². The molecule has 144 valence electrons. The van der Waals surface area contributed by atoms with Gasteiger partial charge < -0.3 is 14.5 Å². The highest BCUT2D eigenvalue weighted by atomic mass is 32.1. The normalized spacial score (nSPS) is 18.0. The zero-order valence-electron chi connectivity index (χ0n) is 15.6. The maximum Gasteiger partial charge on any atom is 0.273 e. The van der Waals surface area contributed by atoms with Gasteiger partial charge in [0.05, 0.1) is 18.2 Å². The van der Waals surface area contributed by atoms with Gasteiger partial charge in [-0.3, -0.25) is 14.6 Å². The van der Waals surface area contributed by atoms with E-state index in [2.05, 4.69) is 23.8 Å². The third kappa shape index (κ3) is 5.33. The predicted molar refractivity (Wildman–Crippen MR) is 102 cm³/mol. The average molecular weight is 388 g/mol. The van der Waals surface area contributed by atoms with Crippen LogP contribution in [-0.4, -0.2) is 63.9 Å². The minimum absolute atomic E-state index is 0.0514. The maximum atomic E-state index is 12.7. The fourth-order valence-corrected chi connectivity index (χ4v) is 3.56. The van der Waals surface area contributed by atoms with Crippen LogP contribution >= 0.6 is 11.3 Å². The van der Waals surface area contributed by atoms with Gasteiger partial charge in [0.25, 0.3) is 5.91 Å². The molecule has 1 atom stereocenters. The van der Waals surface area contributed by atoms with E-state index >= 15 is 0 Å². The minimum atomic E-state index is -0.266. The summed E-state index contributed by atoms with van der Waals surface area (Å²) in [6.07, 6.45) is 3.20. The molecule has 0 radical (unpaired) electrons. The minimum Gasteiger partial charge on any atom is -0.370 e. The Bertz CT molecular complexity index is 752. The van der Waals surface area contributed by atoms with Crippen molar-refractivity contribution >= 4 is 23.2 Å². The molecule has 0 aliphatic carbocycles. The molecule has 0 bridgehead atoms. The van der Waals surface area contributed by atoms with E-state index in [4.69, 9.17) is 4.74 Å². The van der Waals surface area contributed by atoms with E-state index in [1.54, 1.807) is 33.1 Å². The molecule has 0 spiro atoms. The van der Waals surface area contributed by atoms with Gasteiger partial charge in [0, 0.05) is 37.4 Å². The van der Waals surface area contributed by atoms with Crippen molar-refractivity contribution in [2.24, 2.45) is 5.92 Å². The number of ether oxygens (including phenoxy) is 1. The lowest BCUT2D eigenvalue weighted by Crippen LogP contribution is -2.40. The van der Waals surface area contributed by atoms with Gasteiger partial charge in [0.15, 0.2) is 0 Å². The van der Waals surface area contributed by atoms with E-state index < -0.39 is 0 Å². The molecule has 27 heavy (non-hydrogen) atoms. The molecule has 0 saturated carbocycles. The van der Waals surface area contributed by atoms with E-state index in [-0.39, 0.29) is 24.5 Å². The number of carbonyl (C=O) groups is 2. The number of nitrogens with zero attached hydrogens (tertiary/aromatic N) is 4. The summed E-state index contributed by atoms with van der Waals surface area (Å²) in [6, 6.07) is 3.80. The molecule has 1 aliphatic rings.